The highest BCUT2D eigenvalue weighted by molar-refractivity contribution is 5.01. The van der Waals surface area contributed by atoms with E-state index in [-0.39, 0.29) is 0 Å². The minimum Gasteiger partial charge on any atom is -0.380 e. The van der Waals surface area contributed by atoms with Crippen LogP contribution in [0.15, 0.2) is 0 Å². The quantitative estimate of drug-likeness (QED) is 0.813. The molecule has 3 nitrogen and oxygen atoms in total. The van der Waals surface area contributed by atoms with Crippen LogP contribution in [0.5, 0.6) is 0 Å². The van der Waals surface area contributed by atoms with Gasteiger partial charge in [0.1, 0.15) is 0 Å². The van der Waals surface area contributed by atoms with E-state index in [9.17, 15) is 0 Å². The molecule has 0 aromatic heterocycles. The molecule has 2 fully saturated rings. The number of hydrogen-bond donors (Lipinski definition) is 1. The smallest absolute Gasteiger partial charge is 0.0670 e. The zero-order valence-corrected chi connectivity index (χ0v) is 11.7. The van der Waals surface area contributed by atoms with Gasteiger partial charge in [0.25, 0.3) is 0 Å². The largest absolute Gasteiger partial charge is 0.380 e. The van der Waals surface area contributed by atoms with E-state index in [0.717, 1.165) is 6.54 Å². The molecular weight excluding hydrogens is 212 g/mol. The number of nitrogens with one attached hydrogen (secondary N) is 1. The molecule has 3 heteroatoms. The molecule has 0 radical (unpaired) electrons. The topological polar surface area (TPSA) is 24.5 Å². The standard InChI is InChI=1S/C14H28N2O/c1-4-13-10-16(9-12(2)17-3)14(11-15-13)7-5-6-8-14/h12-13,15H,4-11H2,1-3H3. The first kappa shape index (κ1) is 13.3. The van der Waals surface area contributed by atoms with Crippen molar-refractivity contribution >= 4 is 0 Å². The molecule has 1 aliphatic carbocycles. The molecule has 17 heavy (non-hydrogen) atoms. The fraction of sp³-hybridized carbons (Fsp3) is 1.00. The molecule has 2 rings (SSSR count). The first-order valence-electron chi connectivity index (χ1n) is 7.21. The van der Waals surface area contributed by atoms with E-state index in [1.165, 1.54) is 45.2 Å². The van der Waals surface area contributed by atoms with E-state index in [0.29, 0.717) is 17.7 Å². The number of methoxy groups -OCH3 is 1. The normalized spacial score (nSPS) is 30.9. The van der Waals surface area contributed by atoms with Crippen LogP contribution in [-0.2, 0) is 4.74 Å². The van der Waals surface area contributed by atoms with Crippen molar-refractivity contribution in [3.63, 3.8) is 0 Å². The maximum absolute atomic E-state index is 5.46. The molecule has 2 atom stereocenters. The van der Waals surface area contributed by atoms with Gasteiger partial charge in [0.15, 0.2) is 0 Å². The highest BCUT2D eigenvalue weighted by Gasteiger charge is 2.43. The van der Waals surface area contributed by atoms with Gasteiger partial charge in [-0.3, -0.25) is 4.90 Å². The van der Waals surface area contributed by atoms with Crippen molar-refractivity contribution < 1.29 is 4.74 Å². The van der Waals surface area contributed by atoms with Gasteiger partial charge in [-0.2, -0.15) is 0 Å². The molecule has 0 amide bonds. The molecule has 2 unspecified atom stereocenters. The van der Waals surface area contributed by atoms with Crippen molar-refractivity contribution in [2.45, 2.75) is 63.6 Å². The van der Waals surface area contributed by atoms with Crippen LogP contribution < -0.4 is 5.32 Å². The monoisotopic (exact) mass is 240 g/mol. The maximum atomic E-state index is 5.46. The molecule has 1 heterocycles. The number of hydrogen-bond acceptors (Lipinski definition) is 3. The molecule has 1 saturated heterocycles. The first-order valence-corrected chi connectivity index (χ1v) is 7.21. The second-order valence-electron chi connectivity index (χ2n) is 5.87. The highest BCUT2D eigenvalue weighted by Crippen LogP contribution is 2.37. The SMILES string of the molecule is CCC1CN(CC(C)OC)C2(CCCC2)CN1. The van der Waals surface area contributed by atoms with Crippen LogP contribution in [0.1, 0.15) is 46.0 Å². The van der Waals surface area contributed by atoms with Crippen molar-refractivity contribution in [2.24, 2.45) is 0 Å². The van der Waals surface area contributed by atoms with Gasteiger partial charge in [0, 0.05) is 38.3 Å². The van der Waals surface area contributed by atoms with Crippen LogP contribution in [0.4, 0.5) is 0 Å². The Kier molecular flexibility index (Phi) is 4.45. The molecule has 0 aromatic rings. The number of rotatable bonds is 4. The summed E-state index contributed by atoms with van der Waals surface area (Å²) in [6, 6.07) is 0.672. The Balaban J connectivity index is 2.03. The molecular formula is C14H28N2O. The van der Waals surface area contributed by atoms with E-state index in [1.807, 2.05) is 7.11 Å². The minimum absolute atomic E-state index is 0.350. The van der Waals surface area contributed by atoms with Crippen LogP contribution in [0, 0.1) is 0 Å². The summed E-state index contributed by atoms with van der Waals surface area (Å²) in [6.45, 7) is 7.94. The highest BCUT2D eigenvalue weighted by atomic mass is 16.5. The van der Waals surface area contributed by atoms with Crippen molar-refractivity contribution in [2.75, 3.05) is 26.7 Å². The Morgan fingerprint density at radius 2 is 2.12 bits per heavy atom. The molecule has 1 saturated carbocycles. The van der Waals surface area contributed by atoms with E-state index in [1.54, 1.807) is 0 Å². The van der Waals surface area contributed by atoms with Gasteiger partial charge in [0.05, 0.1) is 6.10 Å². The Morgan fingerprint density at radius 3 is 2.71 bits per heavy atom. The number of piperazine rings is 1. The van der Waals surface area contributed by atoms with Gasteiger partial charge >= 0.3 is 0 Å². The van der Waals surface area contributed by atoms with E-state index in [4.69, 9.17) is 4.74 Å². The second-order valence-corrected chi connectivity index (χ2v) is 5.87. The summed E-state index contributed by atoms with van der Waals surface area (Å²) < 4.78 is 5.46. The van der Waals surface area contributed by atoms with Crippen LogP contribution in [0.3, 0.4) is 0 Å². The lowest BCUT2D eigenvalue weighted by Crippen LogP contribution is -2.64. The third-order valence-corrected chi connectivity index (χ3v) is 4.74. The Labute approximate surface area is 106 Å². The lowest BCUT2D eigenvalue weighted by molar-refractivity contribution is -0.00553. The Morgan fingerprint density at radius 1 is 1.41 bits per heavy atom. The van der Waals surface area contributed by atoms with Crippen LogP contribution in [-0.4, -0.2) is 49.3 Å². The number of nitrogens with zero attached hydrogens (tertiary/aromatic N) is 1. The van der Waals surface area contributed by atoms with Crippen LogP contribution in [0.2, 0.25) is 0 Å². The molecule has 1 spiro atoms. The summed E-state index contributed by atoms with van der Waals surface area (Å²) >= 11 is 0. The molecule has 0 bridgehead atoms. The van der Waals surface area contributed by atoms with Gasteiger partial charge in [-0.15, -0.1) is 0 Å². The lowest BCUT2D eigenvalue weighted by Gasteiger charge is -2.49. The number of ether oxygens (including phenoxy) is 1. The van der Waals surface area contributed by atoms with E-state index >= 15 is 0 Å². The van der Waals surface area contributed by atoms with Gasteiger partial charge in [-0.25, -0.2) is 0 Å². The summed E-state index contributed by atoms with van der Waals surface area (Å²) in [5, 5.41) is 3.74. The second kappa shape index (κ2) is 5.68. The third kappa shape index (κ3) is 2.83. The fourth-order valence-corrected chi connectivity index (χ4v) is 3.42. The van der Waals surface area contributed by atoms with Gasteiger partial charge in [0.2, 0.25) is 0 Å². The van der Waals surface area contributed by atoms with Crippen molar-refractivity contribution in [1.29, 1.82) is 0 Å². The summed E-state index contributed by atoms with van der Waals surface area (Å²) in [5.74, 6) is 0. The maximum Gasteiger partial charge on any atom is 0.0670 e. The molecule has 1 aliphatic heterocycles. The minimum atomic E-state index is 0.350. The Bertz CT molecular complexity index is 236. The lowest BCUT2D eigenvalue weighted by atomic mass is 9.90. The molecule has 2 aliphatic rings. The fourth-order valence-electron chi connectivity index (χ4n) is 3.42. The van der Waals surface area contributed by atoms with Crippen molar-refractivity contribution in [1.82, 2.24) is 10.2 Å². The summed E-state index contributed by atoms with van der Waals surface area (Å²) in [7, 11) is 1.82. The van der Waals surface area contributed by atoms with Crippen molar-refractivity contribution in [3.05, 3.63) is 0 Å². The average Bonchev–Trinajstić information content (AvgIpc) is 2.81. The van der Waals surface area contributed by atoms with Crippen molar-refractivity contribution in [3.8, 4) is 0 Å². The predicted molar refractivity (Wildman–Crippen MR) is 71.3 cm³/mol. The molecule has 0 aromatic carbocycles. The third-order valence-electron chi connectivity index (χ3n) is 4.74. The first-order chi connectivity index (χ1) is 8.20. The molecule has 100 valence electrons. The van der Waals surface area contributed by atoms with Gasteiger partial charge < -0.3 is 10.1 Å². The average molecular weight is 240 g/mol. The van der Waals surface area contributed by atoms with Crippen LogP contribution in [0.25, 0.3) is 0 Å². The summed E-state index contributed by atoms with van der Waals surface area (Å²) in [5.41, 5.74) is 0.443. The van der Waals surface area contributed by atoms with Crippen LogP contribution >= 0.6 is 0 Å². The van der Waals surface area contributed by atoms with E-state index in [2.05, 4.69) is 24.1 Å². The summed E-state index contributed by atoms with van der Waals surface area (Å²) in [4.78, 5) is 2.72. The van der Waals surface area contributed by atoms with Gasteiger partial charge in [-0.05, 0) is 26.2 Å². The Hall–Kier alpha value is -0.120. The predicted octanol–water partition coefficient (Wildman–Crippen LogP) is 2.02. The van der Waals surface area contributed by atoms with E-state index < -0.39 is 0 Å². The zero-order valence-electron chi connectivity index (χ0n) is 11.7. The summed E-state index contributed by atoms with van der Waals surface area (Å²) in [6.07, 6.45) is 7.11. The van der Waals surface area contributed by atoms with Gasteiger partial charge in [-0.1, -0.05) is 19.8 Å². The zero-order chi connectivity index (χ0) is 12.3. The molecule has 1 N–H and O–H groups in total.